The van der Waals surface area contributed by atoms with Crippen LogP contribution in [0.25, 0.3) is 0 Å². The molecule has 1 amide bonds. The van der Waals surface area contributed by atoms with Crippen LogP contribution in [0.2, 0.25) is 10.0 Å². The molecule has 2 aromatic rings. The first kappa shape index (κ1) is 12.7. The van der Waals surface area contributed by atoms with Crippen LogP contribution in [0.4, 0.5) is 11.4 Å². The molecule has 0 aliphatic carbocycles. The van der Waals surface area contributed by atoms with E-state index in [0.29, 0.717) is 27.0 Å². The molecular formula is C13H10Cl2N2O. The third kappa shape index (κ3) is 2.94. The summed E-state index contributed by atoms with van der Waals surface area (Å²) in [5.41, 5.74) is 7.10. The summed E-state index contributed by atoms with van der Waals surface area (Å²) < 4.78 is 0. The average Bonchev–Trinajstić information content (AvgIpc) is 2.35. The first-order chi connectivity index (χ1) is 8.56. The zero-order valence-corrected chi connectivity index (χ0v) is 10.8. The number of nitrogen functional groups attached to an aromatic ring is 1. The van der Waals surface area contributed by atoms with Crippen molar-refractivity contribution in [2.45, 2.75) is 0 Å². The highest BCUT2D eigenvalue weighted by molar-refractivity contribution is 6.31. The molecule has 3 N–H and O–H groups in total. The van der Waals surface area contributed by atoms with E-state index < -0.39 is 0 Å². The zero-order chi connectivity index (χ0) is 13.1. The highest BCUT2D eigenvalue weighted by atomic mass is 35.5. The Balaban J connectivity index is 2.21. The molecule has 0 bridgehead atoms. The second-order valence-corrected chi connectivity index (χ2v) is 4.57. The highest BCUT2D eigenvalue weighted by Gasteiger charge is 2.10. The summed E-state index contributed by atoms with van der Waals surface area (Å²) in [5, 5.41) is 3.79. The van der Waals surface area contributed by atoms with Crippen LogP contribution >= 0.6 is 23.2 Å². The van der Waals surface area contributed by atoms with Crippen molar-refractivity contribution < 1.29 is 4.79 Å². The molecule has 18 heavy (non-hydrogen) atoms. The molecule has 0 fully saturated rings. The van der Waals surface area contributed by atoms with Gasteiger partial charge in [0.05, 0.1) is 5.56 Å². The topological polar surface area (TPSA) is 55.1 Å². The van der Waals surface area contributed by atoms with E-state index in [1.54, 1.807) is 36.4 Å². The van der Waals surface area contributed by atoms with Gasteiger partial charge in [0.2, 0.25) is 0 Å². The van der Waals surface area contributed by atoms with Gasteiger partial charge >= 0.3 is 0 Å². The van der Waals surface area contributed by atoms with E-state index in [9.17, 15) is 4.79 Å². The number of hydrogen-bond donors (Lipinski definition) is 2. The lowest BCUT2D eigenvalue weighted by Crippen LogP contribution is -2.13. The first-order valence-electron chi connectivity index (χ1n) is 5.18. The maximum atomic E-state index is 12.0. The maximum absolute atomic E-state index is 12.0. The second-order valence-electron chi connectivity index (χ2n) is 3.69. The Kier molecular flexibility index (Phi) is 3.75. The van der Waals surface area contributed by atoms with Crippen LogP contribution < -0.4 is 11.1 Å². The van der Waals surface area contributed by atoms with E-state index in [4.69, 9.17) is 28.9 Å². The summed E-state index contributed by atoms with van der Waals surface area (Å²) in [7, 11) is 0. The smallest absolute Gasteiger partial charge is 0.257 e. The number of amides is 1. The predicted octanol–water partition coefficient (Wildman–Crippen LogP) is 3.83. The van der Waals surface area contributed by atoms with Crippen molar-refractivity contribution in [3.8, 4) is 0 Å². The molecule has 92 valence electrons. The fraction of sp³-hybridized carbons (Fsp3) is 0. The summed E-state index contributed by atoms with van der Waals surface area (Å²) in [6.45, 7) is 0. The van der Waals surface area contributed by atoms with E-state index in [1.165, 1.54) is 6.07 Å². The van der Waals surface area contributed by atoms with E-state index in [2.05, 4.69) is 5.32 Å². The molecule has 0 unspecified atom stereocenters. The van der Waals surface area contributed by atoms with Gasteiger partial charge in [0, 0.05) is 21.4 Å². The van der Waals surface area contributed by atoms with Crippen LogP contribution in [-0.4, -0.2) is 5.91 Å². The number of nitrogens with one attached hydrogen (secondary N) is 1. The standard InChI is InChI=1S/C13H10Cl2N2O/c14-8-1-4-10(5-2-8)17-13(18)11-7-9(15)3-6-12(11)16/h1-7H,16H2,(H,17,18). The molecule has 0 radical (unpaired) electrons. The molecule has 0 aliphatic rings. The van der Waals surface area contributed by atoms with Crippen molar-refractivity contribution in [1.82, 2.24) is 0 Å². The number of carbonyl (C=O) groups is 1. The number of anilines is 2. The van der Waals surface area contributed by atoms with Crippen LogP contribution in [0, 0.1) is 0 Å². The number of benzene rings is 2. The van der Waals surface area contributed by atoms with E-state index in [1.807, 2.05) is 0 Å². The number of nitrogens with two attached hydrogens (primary N) is 1. The third-order valence-electron chi connectivity index (χ3n) is 2.36. The summed E-state index contributed by atoms with van der Waals surface area (Å²) in [6, 6.07) is 11.6. The van der Waals surface area contributed by atoms with Crippen LogP contribution in [-0.2, 0) is 0 Å². The third-order valence-corrected chi connectivity index (χ3v) is 2.85. The molecule has 0 aromatic heterocycles. The Bertz CT molecular complexity index is 582. The lowest BCUT2D eigenvalue weighted by atomic mass is 10.1. The van der Waals surface area contributed by atoms with Gasteiger partial charge in [-0.1, -0.05) is 23.2 Å². The van der Waals surface area contributed by atoms with Crippen molar-refractivity contribution in [2.24, 2.45) is 0 Å². The molecular weight excluding hydrogens is 271 g/mol. The molecule has 0 saturated heterocycles. The molecule has 0 saturated carbocycles. The predicted molar refractivity (Wildman–Crippen MR) is 75.3 cm³/mol. The van der Waals surface area contributed by atoms with Gasteiger partial charge in [0.1, 0.15) is 0 Å². The van der Waals surface area contributed by atoms with Crippen LogP contribution in [0.3, 0.4) is 0 Å². The van der Waals surface area contributed by atoms with Gasteiger partial charge in [-0.05, 0) is 42.5 Å². The van der Waals surface area contributed by atoms with Gasteiger partial charge in [-0.2, -0.15) is 0 Å². The normalized spacial score (nSPS) is 10.1. The SMILES string of the molecule is Nc1ccc(Cl)cc1C(=O)Nc1ccc(Cl)cc1. The number of hydrogen-bond acceptors (Lipinski definition) is 2. The minimum atomic E-state index is -0.308. The van der Waals surface area contributed by atoms with Gasteiger partial charge in [0.15, 0.2) is 0 Å². The quantitative estimate of drug-likeness (QED) is 0.822. The van der Waals surface area contributed by atoms with E-state index >= 15 is 0 Å². The van der Waals surface area contributed by atoms with Crippen molar-refractivity contribution in [1.29, 1.82) is 0 Å². The molecule has 0 spiro atoms. The van der Waals surface area contributed by atoms with Crippen molar-refractivity contribution in [2.75, 3.05) is 11.1 Å². The lowest BCUT2D eigenvalue weighted by Gasteiger charge is -2.08. The van der Waals surface area contributed by atoms with Crippen molar-refractivity contribution >= 4 is 40.5 Å². The van der Waals surface area contributed by atoms with Crippen LogP contribution in [0.1, 0.15) is 10.4 Å². The molecule has 5 heteroatoms. The Hall–Kier alpha value is -1.71. The molecule has 2 aromatic carbocycles. The zero-order valence-electron chi connectivity index (χ0n) is 9.28. The van der Waals surface area contributed by atoms with Gasteiger partial charge in [-0.3, -0.25) is 4.79 Å². The monoisotopic (exact) mass is 280 g/mol. The largest absolute Gasteiger partial charge is 0.398 e. The Morgan fingerprint density at radius 3 is 2.28 bits per heavy atom. The molecule has 3 nitrogen and oxygen atoms in total. The average molecular weight is 281 g/mol. The number of rotatable bonds is 2. The fourth-order valence-corrected chi connectivity index (χ4v) is 1.75. The lowest BCUT2D eigenvalue weighted by molar-refractivity contribution is 0.102. The van der Waals surface area contributed by atoms with Gasteiger partial charge < -0.3 is 11.1 Å². The Morgan fingerprint density at radius 1 is 1.00 bits per heavy atom. The van der Waals surface area contributed by atoms with E-state index in [0.717, 1.165) is 0 Å². The summed E-state index contributed by atoms with van der Waals surface area (Å²) in [6.07, 6.45) is 0. The second kappa shape index (κ2) is 5.29. The van der Waals surface area contributed by atoms with Gasteiger partial charge in [-0.25, -0.2) is 0 Å². The Labute approximate surface area is 115 Å². The maximum Gasteiger partial charge on any atom is 0.257 e. The Morgan fingerprint density at radius 2 is 1.61 bits per heavy atom. The molecule has 0 aliphatic heterocycles. The van der Waals surface area contributed by atoms with Crippen molar-refractivity contribution in [3.63, 3.8) is 0 Å². The number of carbonyl (C=O) groups excluding carboxylic acids is 1. The van der Waals surface area contributed by atoms with E-state index in [-0.39, 0.29) is 5.91 Å². The van der Waals surface area contributed by atoms with Gasteiger partial charge in [0.25, 0.3) is 5.91 Å². The molecule has 0 atom stereocenters. The fourth-order valence-electron chi connectivity index (χ4n) is 1.46. The molecule has 2 rings (SSSR count). The molecule has 0 heterocycles. The summed E-state index contributed by atoms with van der Waals surface area (Å²) in [4.78, 5) is 12.0. The first-order valence-corrected chi connectivity index (χ1v) is 5.94. The van der Waals surface area contributed by atoms with Crippen LogP contribution in [0.15, 0.2) is 42.5 Å². The minimum absolute atomic E-state index is 0.308. The highest BCUT2D eigenvalue weighted by Crippen LogP contribution is 2.20. The van der Waals surface area contributed by atoms with Crippen molar-refractivity contribution in [3.05, 3.63) is 58.1 Å². The summed E-state index contributed by atoms with van der Waals surface area (Å²) >= 11 is 11.6. The number of halogens is 2. The van der Waals surface area contributed by atoms with Gasteiger partial charge in [-0.15, -0.1) is 0 Å². The minimum Gasteiger partial charge on any atom is -0.398 e. The summed E-state index contributed by atoms with van der Waals surface area (Å²) in [5.74, 6) is -0.308. The van der Waals surface area contributed by atoms with Crippen LogP contribution in [0.5, 0.6) is 0 Å².